The van der Waals surface area contributed by atoms with Gasteiger partial charge in [0.05, 0.1) is 16.7 Å². The molecule has 0 aliphatic carbocycles. The first-order chi connectivity index (χ1) is 16.0. The fourth-order valence-electron chi connectivity index (χ4n) is 4.05. The van der Waals surface area contributed by atoms with Crippen molar-refractivity contribution in [2.45, 2.75) is 30.6 Å². The van der Waals surface area contributed by atoms with Crippen molar-refractivity contribution < 1.29 is 9.59 Å². The van der Waals surface area contributed by atoms with Gasteiger partial charge in [-0.15, -0.1) is 11.8 Å². The van der Waals surface area contributed by atoms with E-state index < -0.39 is 16.7 Å². The van der Waals surface area contributed by atoms with Crippen LogP contribution in [-0.4, -0.2) is 30.5 Å². The first kappa shape index (κ1) is 24.7. The van der Waals surface area contributed by atoms with E-state index in [1.165, 1.54) is 0 Å². The zero-order valence-electron chi connectivity index (χ0n) is 19.2. The largest absolute Gasteiger partial charge is 0.359 e. The Morgan fingerprint density at radius 3 is 1.64 bits per heavy atom. The summed E-state index contributed by atoms with van der Waals surface area (Å²) in [6.45, 7) is 1.89. The average molecular weight is 461 g/mol. The quantitative estimate of drug-likeness (QED) is 0.404. The number of rotatable bonds is 11. The second-order valence-electron chi connectivity index (χ2n) is 8.09. The Labute approximate surface area is 201 Å². The van der Waals surface area contributed by atoms with Crippen LogP contribution < -0.4 is 11.1 Å². The van der Waals surface area contributed by atoms with Crippen LogP contribution in [0.2, 0.25) is 0 Å². The highest BCUT2D eigenvalue weighted by atomic mass is 32.2. The van der Waals surface area contributed by atoms with Gasteiger partial charge in [-0.1, -0.05) is 97.9 Å². The normalized spacial score (nSPS) is 13.2. The Hall–Kier alpha value is -2.89. The summed E-state index contributed by atoms with van der Waals surface area (Å²) >= 11 is 1.69. The predicted octanol–water partition coefficient (Wildman–Crippen LogP) is 4.77. The molecule has 3 aromatic rings. The van der Waals surface area contributed by atoms with Crippen LogP contribution in [0.1, 0.15) is 36.5 Å². The lowest BCUT2D eigenvalue weighted by atomic mass is 9.84. The minimum absolute atomic E-state index is 0.0727. The monoisotopic (exact) mass is 460 g/mol. The maximum atomic E-state index is 12.8. The van der Waals surface area contributed by atoms with E-state index >= 15 is 0 Å². The van der Waals surface area contributed by atoms with Gasteiger partial charge in [0.1, 0.15) is 5.78 Å². The number of carbonyl (C=O) groups is 2. The van der Waals surface area contributed by atoms with Gasteiger partial charge in [0, 0.05) is 19.2 Å². The lowest BCUT2D eigenvalue weighted by Crippen LogP contribution is -2.37. The summed E-state index contributed by atoms with van der Waals surface area (Å²) in [5, 5.41) is 2.74. The van der Waals surface area contributed by atoms with Gasteiger partial charge < -0.3 is 11.1 Å². The van der Waals surface area contributed by atoms with Crippen molar-refractivity contribution >= 4 is 23.5 Å². The van der Waals surface area contributed by atoms with E-state index in [4.69, 9.17) is 5.73 Å². The van der Waals surface area contributed by atoms with Gasteiger partial charge in [-0.05, 0) is 23.1 Å². The van der Waals surface area contributed by atoms with Crippen LogP contribution in [0.4, 0.5) is 0 Å². The SMILES string of the molecule is CCC(N)C(=O)CC(CSC(c1ccccc1)(c1ccccc1)c1ccccc1)C(=O)NC. The van der Waals surface area contributed by atoms with Gasteiger partial charge in [-0.3, -0.25) is 9.59 Å². The second-order valence-corrected chi connectivity index (χ2v) is 9.32. The minimum atomic E-state index is -0.538. The highest BCUT2D eigenvalue weighted by Gasteiger charge is 2.38. The molecule has 0 heterocycles. The number of benzene rings is 3. The first-order valence-corrected chi connectivity index (χ1v) is 12.3. The van der Waals surface area contributed by atoms with Crippen molar-refractivity contribution in [1.29, 1.82) is 0 Å². The third-order valence-electron chi connectivity index (χ3n) is 5.96. The van der Waals surface area contributed by atoms with Gasteiger partial charge in [0.2, 0.25) is 5.91 Å². The summed E-state index contributed by atoms with van der Waals surface area (Å²) in [4.78, 5) is 25.4. The Morgan fingerprint density at radius 2 is 1.27 bits per heavy atom. The molecule has 33 heavy (non-hydrogen) atoms. The number of hydrogen-bond acceptors (Lipinski definition) is 4. The molecule has 2 unspecified atom stereocenters. The highest BCUT2D eigenvalue weighted by molar-refractivity contribution is 8.00. The molecular formula is C28H32N2O2S. The van der Waals surface area contributed by atoms with E-state index in [1.807, 2.05) is 61.5 Å². The summed E-state index contributed by atoms with van der Waals surface area (Å²) in [6.07, 6.45) is 0.699. The van der Waals surface area contributed by atoms with Crippen molar-refractivity contribution in [2.24, 2.45) is 11.7 Å². The molecule has 5 heteroatoms. The van der Waals surface area contributed by atoms with Crippen LogP contribution in [0.25, 0.3) is 0 Å². The highest BCUT2D eigenvalue weighted by Crippen LogP contribution is 2.49. The van der Waals surface area contributed by atoms with Crippen LogP contribution in [0.15, 0.2) is 91.0 Å². The number of amides is 1. The lowest BCUT2D eigenvalue weighted by Gasteiger charge is -2.36. The molecular weight excluding hydrogens is 428 g/mol. The van der Waals surface area contributed by atoms with Crippen LogP contribution in [0.5, 0.6) is 0 Å². The summed E-state index contributed by atoms with van der Waals surface area (Å²) in [6, 6.07) is 30.5. The predicted molar refractivity (Wildman–Crippen MR) is 137 cm³/mol. The first-order valence-electron chi connectivity index (χ1n) is 11.3. The second kappa shape index (κ2) is 11.8. The fraction of sp³-hybridized carbons (Fsp3) is 0.286. The third kappa shape index (κ3) is 5.73. The van der Waals surface area contributed by atoms with Crippen molar-refractivity contribution in [1.82, 2.24) is 5.32 Å². The van der Waals surface area contributed by atoms with Crippen LogP contribution >= 0.6 is 11.8 Å². The Balaban J connectivity index is 2.07. The lowest BCUT2D eigenvalue weighted by molar-refractivity contribution is -0.128. The van der Waals surface area contributed by atoms with E-state index in [0.29, 0.717) is 12.2 Å². The summed E-state index contributed by atoms with van der Waals surface area (Å²) in [7, 11) is 1.61. The molecule has 3 aromatic carbocycles. The van der Waals surface area contributed by atoms with Crippen LogP contribution in [0.3, 0.4) is 0 Å². The zero-order valence-corrected chi connectivity index (χ0v) is 20.1. The molecule has 0 radical (unpaired) electrons. The van der Waals surface area contributed by atoms with Crippen molar-refractivity contribution in [2.75, 3.05) is 12.8 Å². The molecule has 0 aliphatic heterocycles. The van der Waals surface area contributed by atoms with Gasteiger partial charge in [-0.25, -0.2) is 0 Å². The van der Waals surface area contributed by atoms with Crippen molar-refractivity contribution in [3.63, 3.8) is 0 Å². The molecule has 3 N–H and O–H groups in total. The van der Waals surface area contributed by atoms with Crippen LogP contribution in [-0.2, 0) is 14.3 Å². The fourth-order valence-corrected chi connectivity index (χ4v) is 5.68. The smallest absolute Gasteiger partial charge is 0.224 e. The van der Waals surface area contributed by atoms with Gasteiger partial charge in [-0.2, -0.15) is 0 Å². The molecule has 0 saturated carbocycles. The van der Waals surface area contributed by atoms with E-state index in [2.05, 4.69) is 41.7 Å². The summed E-state index contributed by atoms with van der Waals surface area (Å²) in [5.74, 6) is -0.208. The third-order valence-corrected chi connectivity index (χ3v) is 7.67. The molecule has 4 nitrogen and oxygen atoms in total. The molecule has 0 aromatic heterocycles. The standard InChI is InChI=1S/C28H32N2O2S/c1-3-25(29)26(31)19-21(27(32)30-2)20-33-28(22-13-7-4-8-14-22,23-15-9-5-10-16-23)24-17-11-6-12-18-24/h4-18,21,25H,3,19-20,29H2,1-2H3,(H,30,32). The molecule has 1 amide bonds. The van der Waals surface area contributed by atoms with Crippen molar-refractivity contribution in [3.8, 4) is 0 Å². The summed E-state index contributed by atoms with van der Waals surface area (Å²) in [5.41, 5.74) is 9.35. The maximum absolute atomic E-state index is 12.8. The molecule has 0 aliphatic rings. The van der Waals surface area contributed by atoms with Gasteiger partial charge in [0.25, 0.3) is 0 Å². The molecule has 0 saturated heterocycles. The summed E-state index contributed by atoms with van der Waals surface area (Å²) < 4.78 is -0.536. The van der Waals surface area contributed by atoms with Crippen molar-refractivity contribution in [3.05, 3.63) is 108 Å². The van der Waals surface area contributed by atoms with E-state index in [1.54, 1.807) is 18.8 Å². The molecule has 2 atom stereocenters. The number of ketones is 1. The van der Waals surface area contributed by atoms with Gasteiger partial charge >= 0.3 is 0 Å². The Morgan fingerprint density at radius 1 is 0.848 bits per heavy atom. The number of nitrogens with two attached hydrogens (primary N) is 1. The number of Topliss-reactive ketones (excluding diaryl/α,β-unsaturated/α-hetero) is 1. The van der Waals surface area contributed by atoms with E-state index in [-0.39, 0.29) is 18.1 Å². The Kier molecular flexibility index (Phi) is 8.87. The van der Waals surface area contributed by atoms with Gasteiger partial charge in [0.15, 0.2) is 0 Å². The number of hydrogen-bond donors (Lipinski definition) is 2. The molecule has 0 bridgehead atoms. The van der Waals surface area contributed by atoms with Crippen LogP contribution in [0, 0.1) is 5.92 Å². The molecule has 172 valence electrons. The maximum Gasteiger partial charge on any atom is 0.224 e. The Bertz CT molecular complexity index is 929. The molecule has 0 fully saturated rings. The molecule has 3 rings (SSSR count). The van der Waals surface area contributed by atoms with E-state index in [0.717, 1.165) is 16.7 Å². The van der Waals surface area contributed by atoms with E-state index in [9.17, 15) is 9.59 Å². The average Bonchev–Trinajstić information content (AvgIpc) is 2.89. The molecule has 0 spiro atoms. The minimum Gasteiger partial charge on any atom is -0.359 e. The number of carbonyl (C=O) groups excluding carboxylic acids is 2. The zero-order chi connectivity index (χ0) is 23.7. The number of thioether (sulfide) groups is 1. The number of nitrogens with one attached hydrogen (secondary N) is 1. The topological polar surface area (TPSA) is 72.2 Å².